The molecule has 136 valence electrons. The molecule has 26 heavy (non-hydrogen) atoms. The van der Waals surface area contributed by atoms with Crippen LogP contribution < -0.4 is 4.90 Å². The first-order chi connectivity index (χ1) is 12.8. The number of hydrogen-bond donors (Lipinski definition) is 0. The molecule has 0 N–H and O–H groups in total. The number of rotatable bonds is 4. The highest BCUT2D eigenvalue weighted by Crippen LogP contribution is 2.36. The van der Waals surface area contributed by atoms with E-state index < -0.39 is 0 Å². The summed E-state index contributed by atoms with van der Waals surface area (Å²) in [5, 5.41) is 2.65. The fourth-order valence-corrected chi connectivity index (χ4v) is 4.93. The molecule has 0 spiro atoms. The minimum atomic E-state index is 0.341. The fourth-order valence-electron chi connectivity index (χ4n) is 4.93. The van der Waals surface area contributed by atoms with Crippen molar-refractivity contribution in [3.8, 4) is 0 Å². The van der Waals surface area contributed by atoms with Crippen molar-refractivity contribution < 1.29 is 4.79 Å². The van der Waals surface area contributed by atoms with Crippen molar-refractivity contribution in [2.45, 2.75) is 31.7 Å². The van der Waals surface area contributed by atoms with Crippen LogP contribution in [0.3, 0.4) is 0 Å². The Labute approximate surface area is 154 Å². The minimum Gasteiger partial charge on any atom is -0.366 e. The molecule has 0 aliphatic carbocycles. The average Bonchev–Trinajstić information content (AvgIpc) is 3.30. The smallest absolute Gasteiger partial charge is 0.222 e. The van der Waals surface area contributed by atoms with Crippen LogP contribution in [-0.4, -0.2) is 66.0 Å². The van der Waals surface area contributed by atoms with Crippen molar-refractivity contribution in [1.82, 2.24) is 14.8 Å². The first kappa shape index (κ1) is 16.1. The van der Waals surface area contributed by atoms with Crippen LogP contribution in [-0.2, 0) is 11.2 Å². The topological polar surface area (TPSA) is 39.7 Å². The lowest BCUT2D eigenvalue weighted by atomic mass is 9.97. The molecule has 5 heteroatoms. The third kappa shape index (κ3) is 2.75. The normalized spacial score (nSPS) is 23.4. The van der Waals surface area contributed by atoms with Crippen LogP contribution in [0.15, 0.2) is 30.6 Å². The number of amides is 1. The van der Waals surface area contributed by atoms with Crippen molar-refractivity contribution >= 4 is 22.4 Å². The predicted molar refractivity (Wildman–Crippen MR) is 103 cm³/mol. The first-order valence-electron chi connectivity index (χ1n) is 9.92. The average molecular weight is 350 g/mol. The van der Waals surface area contributed by atoms with Gasteiger partial charge in [0.05, 0.1) is 0 Å². The second kappa shape index (κ2) is 6.54. The Balaban J connectivity index is 1.29. The van der Waals surface area contributed by atoms with Gasteiger partial charge in [0, 0.05) is 80.6 Å². The molecule has 1 atom stereocenters. The van der Waals surface area contributed by atoms with Crippen LogP contribution in [0.1, 0.15) is 24.8 Å². The zero-order valence-electron chi connectivity index (χ0n) is 15.2. The molecule has 2 fully saturated rings. The van der Waals surface area contributed by atoms with Gasteiger partial charge >= 0.3 is 0 Å². The molecule has 5 nitrogen and oxygen atoms in total. The van der Waals surface area contributed by atoms with Gasteiger partial charge in [0.25, 0.3) is 0 Å². The lowest BCUT2D eigenvalue weighted by Crippen LogP contribution is -2.42. The summed E-state index contributed by atoms with van der Waals surface area (Å²) < 4.78 is 0. The minimum absolute atomic E-state index is 0.341. The molecule has 2 saturated heterocycles. The molecule has 1 amide bonds. The highest BCUT2D eigenvalue weighted by atomic mass is 16.2. The van der Waals surface area contributed by atoms with Gasteiger partial charge in [-0.25, -0.2) is 0 Å². The Kier molecular flexibility index (Phi) is 4.04. The molecule has 1 aromatic heterocycles. The number of likely N-dealkylation sites (tertiary alicyclic amines) is 2. The molecule has 0 radical (unpaired) electrons. The van der Waals surface area contributed by atoms with Crippen molar-refractivity contribution in [2.24, 2.45) is 0 Å². The van der Waals surface area contributed by atoms with Gasteiger partial charge in [0.2, 0.25) is 5.91 Å². The summed E-state index contributed by atoms with van der Waals surface area (Å²) in [6, 6.07) is 7.19. The lowest BCUT2D eigenvalue weighted by Gasteiger charge is -2.36. The number of hydrogen-bond acceptors (Lipinski definition) is 4. The van der Waals surface area contributed by atoms with Crippen molar-refractivity contribution in [3.05, 3.63) is 36.2 Å². The Bertz CT molecular complexity index is 831. The number of nitrogens with zero attached hydrogens (tertiary/aromatic N) is 4. The molecule has 4 heterocycles. The Morgan fingerprint density at radius 3 is 2.92 bits per heavy atom. The monoisotopic (exact) mass is 350 g/mol. The standard InChI is InChI=1S/C21H26N4O/c26-20-5-2-8-24(20)12-11-23-9-7-18(15-23)25-10-6-17-14-22-13-16-3-1-4-19(25)21(16)17/h1,3-4,13-14,18H,2,5-12,15H2. The SMILES string of the molecule is O=C1CCCN1CCN1CCC(N2CCc3cncc4cccc2c34)C1. The zero-order chi connectivity index (χ0) is 17.5. The Morgan fingerprint density at radius 1 is 1.08 bits per heavy atom. The molecular weight excluding hydrogens is 324 g/mol. The van der Waals surface area contributed by atoms with Crippen molar-refractivity contribution in [3.63, 3.8) is 0 Å². The van der Waals surface area contributed by atoms with Crippen molar-refractivity contribution in [2.75, 3.05) is 44.2 Å². The predicted octanol–water partition coefficient (Wildman–Crippen LogP) is 2.29. The summed E-state index contributed by atoms with van der Waals surface area (Å²) in [7, 11) is 0. The number of pyridine rings is 1. The maximum absolute atomic E-state index is 11.8. The summed E-state index contributed by atoms with van der Waals surface area (Å²) in [5.74, 6) is 0.341. The fraction of sp³-hybridized carbons (Fsp3) is 0.524. The second-order valence-electron chi connectivity index (χ2n) is 7.84. The highest BCUT2D eigenvalue weighted by Gasteiger charge is 2.31. The molecule has 5 rings (SSSR count). The third-order valence-electron chi connectivity index (χ3n) is 6.32. The summed E-state index contributed by atoms with van der Waals surface area (Å²) in [6.07, 6.45) is 8.10. The number of benzene rings is 1. The summed E-state index contributed by atoms with van der Waals surface area (Å²) in [5.41, 5.74) is 2.77. The quantitative estimate of drug-likeness (QED) is 0.848. The Morgan fingerprint density at radius 2 is 2.04 bits per heavy atom. The van der Waals surface area contributed by atoms with Crippen LogP contribution in [0.2, 0.25) is 0 Å². The number of anilines is 1. The molecule has 1 unspecified atom stereocenters. The summed E-state index contributed by atoms with van der Waals surface area (Å²) in [6.45, 7) is 6.20. The first-order valence-corrected chi connectivity index (χ1v) is 9.92. The van der Waals surface area contributed by atoms with E-state index in [9.17, 15) is 4.79 Å². The van der Waals surface area contributed by atoms with Crippen LogP contribution in [0.5, 0.6) is 0 Å². The van der Waals surface area contributed by atoms with Crippen LogP contribution >= 0.6 is 0 Å². The van der Waals surface area contributed by atoms with E-state index in [1.165, 1.54) is 28.4 Å². The van der Waals surface area contributed by atoms with E-state index in [4.69, 9.17) is 0 Å². The summed E-state index contributed by atoms with van der Waals surface area (Å²) in [4.78, 5) is 23.4. The highest BCUT2D eigenvalue weighted by molar-refractivity contribution is 5.97. The lowest BCUT2D eigenvalue weighted by molar-refractivity contribution is -0.127. The van der Waals surface area contributed by atoms with E-state index in [1.807, 2.05) is 17.3 Å². The van der Waals surface area contributed by atoms with Gasteiger partial charge in [-0.3, -0.25) is 14.7 Å². The van der Waals surface area contributed by atoms with Gasteiger partial charge in [-0.1, -0.05) is 12.1 Å². The van der Waals surface area contributed by atoms with Crippen molar-refractivity contribution in [1.29, 1.82) is 0 Å². The molecule has 3 aliphatic rings. The van der Waals surface area contributed by atoms with E-state index in [1.54, 1.807) is 0 Å². The maximum atomic E-state index is 11.8. The molecule has 3 aliphatic heterocycles. The van der Waals surface area contributed by atoms with E-state index in [2.05, 4.69) is 33.0 Å². The molecular formula is C21H26N4O. The third-order valence-corrected chi connectivity index (χ3v) is 6.32. The zero-order valence-corrected chi connectivity index (χ0v) is 15.2. The van der Waals surface area contributed by atoms with E-state index in [0.717, 1.165) is 58.5 Å². The van der Waals surface area contributed by atoms with Gasteiger partial charge in [-0.15, -0.1) is 0 Å². The van der Waals surface area contributed by atoms with Crippen LogP contribution in [0.25, 0.3) is 10.8 Å². The molecule has 0 saturated carbocycles. The van der Waals surface area contributed by atoms with Gasteiger partial charge in [0.1, 0.15) is 0 Å². The number of carbonyl (C=O) groups excluding carboxylic acids is 1. The van der Waals surface area contributed by atoms with Gasteiger partial charge in [-0.05, 0) is 30.9 Å². The molecule has 0 bridgehead atoms. The molecule has 2 aromatic rings. The van der Waals surface area contributed by atoms with Crippen LogP contribution in [0, 0.1) is 0 Å². The van der Waals surface area contributed by atoms with E-state index >= 15 is 0 Å². The van der Waals surface area contributed by atoms with Gasteiger partial charge < -0.3 is 9.80 Å². The maximum Gasteiger partial charge on any atom is 0.222 e. The number of carbonyl (C=O) groups is 1. The van der Waals surface area contributed by atoms with E-state index in [-0.39, 0.29) is 0 Å². The second-order valence-corrected chi connectivity index (χ2v) is 7.84. The molecule has 1 aromatic carbocycles. The van der Waals surface area contributed by atoms with Gasteiger partial charge in [-0.2, -0.15) is 0 Å². The van der Waals surface area contributed by atoms with E-state index in [0.29, 0.717) is 11.9 Å². The summed E-state index contributed by atoms with van der Waals surface area (Å²) >= 11 is 0. The van der Waals surface area contributed by atoms with Gasteiger partial charge in [0.15, 0.2) is 0 Å². The van der Waals surface area contributed by atoms with Crippen LogP contribution in [0.4, 0.5) is 5.69 Å². The Hall–Kier alpha value is -2.14. The number of aromatic nitrogens is 1. The largest absolute Gasteiger partial charge is 0.366 e.